The highest BCUT2D eigenvalue weighted by atomic mass is 15.4. The fraction of sp³-hybridized carbons (Fsp3) is 1.00. The normalized spacial score (nSPS) is 19.6. The van der Waals surface area contributed by atoms with Crippen molar-refractivity contribution < 1.29 is 4.48 Å². The molecule has 0 spiro atoms. The first-order chi connectivity index (χ1) is 7.33. The Morgan fingerprint density at radius 1 is 0.733 bits per heavy atom. The smallest absolute Gasteiger partial charge is 0.0788 e. The molecule has 0 amide bonds. The van der Waals surface area contributed by atoms with Crippen LogP contribution in [-0.2, 0) is 0 Å². The summed E-state index contributed by atoms with van der Waals surface area (Å²) in [5, 5.41) is 0. The maximum atomic E-state index is 2.32. The van der Waals surface area contributed by atoms with Crippen molar-refractivity contribution in [2.75, 3.05) is 26.2 Å². The number of unbranched alkanes of at least 4 members (excludes halogenated alkanes) is 4. The second kappa shape index (κ2) is 7.27. The summed E-state index contributed by atoms with van der Waals surface area (Å²) in [5.74, 6) is 0. The number of rotatable bonds is 8. The average molecular weight is 212 g/mol. The van der Waals surface area contributed by atoms with Crippen LogP contribution in [0.25, 0.3) is 0 Å². The first-order valence-electron chi connectivity index (χ1n) is 7.18. The first kappa shape index (κ1) is 13.0. The average Bonchev–Trinajstić information content (AvgIpc) is 2.71. The molecule has 1 rings (SSSR count). The van der Waals surface area contributed by atoms with Crippen LogP contribution in [0.5, 0.6) is 0 Å². The third-order valence-electron chi connectivity index (χ3n) is 3.99. The zero-order chi connectivity index (χ0) is 11.0. The van der Waals surface area contributed by atoms with E-state index < -0.39 is 0 Å². The van der Waals surface area contributed by atoms with Crippen molar-refractivity contribution in [1.82, 2.24) is 0 Å². The Bertz CT molecular complexity index is 147. The van der Waals surface area contributed by atoms with Crippen molar-refractivity contribution in [2.24, 2.45) is 0 Å². The Hall–Kier alpha value is -0.0400. The van der Waals surface area contributed by atoms with E-state index in [1.807, 2.05) is 0 Å². The predicted molar refractivity (Wildman–Crippen MR) is 68.0 cm³/mol. The van der Waals surface area contributed by atoms with Crippen molar-refractivity contribution in [3.8, 4) is 0 Å². The van der Waals surface area contributed by atoms with Crippen molar-refractivity contribution in [1.29, 1.82) is 0 Å². The monoisotopic (exact) mass is 212 g/mol. The molecule has 0 aromatic rings. The molecule has 1 aliphatic rings. The molecule has 1 aliphatic heterocycles. The van der Waals surface area contributed by atoms with E-state index in [0.717, 1.165) is 0 Å². The molecule has 0 aliphatic carbocycles. The Labute approximate surface area is 96.4 Å². The van der Waals surface area contributed by atoms with E-state index in [0.29, 0.717) is 0 Å². The predicted octanol–water partition coefficient (Wildman–Crippen LogP) is 3.98. The van der Waals surface area contributed by atoms with E-state index in [4.69, 9.17) is 0 Å². The summed E-state index contributed by atoms with van der Waals surface area (Å²) in [5.41, 5.74) is 0. The highest BCUT2D eigenvalue weighted by molar-refractivity contribution is 4.56. The molecule has 0 unspecified atom stereocenters. The molecule has 0 radical (unpaired) electrons. The number of quaternary nitrogens is 1. The zero-order valence-electron chi connectivity index (χ0n) is 10.9. The van der Waals surface area contributed by atoms with Gasteiger partial charge in [-0.1, -0.05) is 33.1 Å². The minimum Gasteiger partial charge on any atom is -0.324 e. The maximum absolute atomic E-state index is 2.32. The second-order valence-electron chi connectivity index (χ2n) is 5.36. The summed E-state index contributed by atoms with van der Waals surface area (Å²) in [6, 6.07) is 0. The standard InChI is InChI=1S/C14H30N/c1-3-5-7-8-12-15(11-6-4-2)13-9-10-14-15/h3-14H2,1-2H3/q+1. The summed E-state index contributed by atoms with van der Waals surface area (Å²) in [4.78, 5) is 0. The fourth-order valence-corrected chi connectivity index (χ4v) is 2.93. The molecule has 0 aromatic heterocycles. The molecule has 0 saturated carbocycles. The zero-order valence-corrected chi connectivity index (χ0v) is 10.9. The highest BCUT2D eigenvalue weighted by Gasteiger charge is 2.30. The largest absolute Gasteiger partial charge is 0.324 e. The molecular weight excluding hydrogens is 182 g/mol. The summed E-state index contributed by atoms with van der Waals surface area (Å²) in [7, 11) is 0. The maximum Gasteiger partial charge on any atom is 0.0788 e. The minimum atomic E-state index is 1.37. The van der Waals surface area contributed by atoms with Gasteiger partial charge in [-0.05, 0) is 19.3 Å². The number of nitrogens with zero attached hydrogens (tertiary/aromatic N) is 1. The Balaban J connectivity index is 2.23. The van der Waals surface area contributed by atoms with Gasteiger partial charge < -0.3 is 4.48 Å². The lowest BCUT2D eigenvalue weighted by atomic mass is 10.1. The van der Waals surface area contributed by atoms with Gasteiger partial charge in [0.25, 0.3) is 0 Å². The lowest BCUT2D eigenvalue weighted by Gasteiger charge is -2.34. The summed E-state index contributed by atoms with van der Waals surface area (Å²) in [6.07, 6.45) is 11.5. The molecule has 15 heavy (non-hydrogen) atoms. The van der Waals surface area contributed by atoms with Gasteiger partial charge in [0.05, 0.1) is 26.2 Å². The van der Waals surface area contributed by atoms with E-state index in [9.17, 15) is 0 Å². The number of likely N-dealkylation sites (tertiary alicyclic amines) is 1. The van der Waals surface area contributed by atoms with Crippen LogP contribution in [0.4, 0.5) is 0 Å². The quantitative estimate of drug-likeness (QED) is 0.422. The van der Waals surface area contributed by atoms with Gasteiger partial charge in [-0.3, -0.25) is 0 Å². The van der Waals surface area contributed by atoms with Crippen LogP contribution >= 0.6 is 0 Å². The summed E-state index contributed by atoms with van der Waals surface area (Å²) in [6.45, 7) is 10.5. The van der Waals surface area contributed by atoms with Crippen LogP contribution in [0.3, 0.4) is 0 Å². The molecule has 0 bridgehead atoms. The lowest BCUT2D eigenvalue weighted by molar-refractivity contribution is -0.917. The van der Waals surface area contributed by atoms with Crippen LogP contribution in [0.2, 0.25) is 0 Å². The number of hydrogen-bond acceptors (Lipinski definition) is 0. The van der Waals surface area contributed by atoms with Gasteiger partial charge in [0.1, 0.15) is 0 Å². The summed E-state index contributed by atoms with van der Waals surface area (Å²) < 4.78 is 1.47. The van der Waals surface area contributed by atoms with Crippen molar-refractivity contribution >= 4 is 0 Å². The van der Waals surface area contributed by atoms with E-state index in [-0.39, 0.29) is 0 Å². The Kier molecular flexibility index (Phi) is 6.31. The van der Waals surface area contributed by atoms with Crippen LogP contribution in [0.15, 0.2) is 0 Å². The van der Waals surface area contributed by atoms with Gasteiger partial charge in [-0.15, -0.1) is 0 Å². The van der Waals surface area contributed by atoms with Gasteiger partial charge in [0.15, 0.2) is 0 Å². The summed E-state index contributed by atoms with van der Waals surface area (Å²) >= 11 is 0. The first-order valence-corrected chi connectivity index (χ1v) is 7.18. The molecule has 0 aromatic carbocycles. The van der Waals surface area contributed by atoms with E-state index in [1.54, 1.807) is 0 Å². The molecule has 1 fully saturated rings. The van der Waals surface area contributed by atoms with E-state index in [1.165, 1.54) is 82.0 Å². The van der Waals surface area contributed by atoms with E-state index >= 15 is 0 Å². The lowest BCUT2D eigenvalue weighted by Crippen LogP contribution is -2.46. The van der Waals surface area contributed by atoms with Gasteiger partial charge in [0, 0.05) is 12.8 Å². The van der Waals surface area contributed by atoms with Gasteiger partial charge in [-0.25, -0.2) is 0 Å². The van der Waals surface area contributed by atoms with Crippen molar-refractivity contribution in [2.45, 2.75) is 65.2 Å². The topological polar surface area (TPSA) is 0 Å². The minimum absolute atomic E-state index is 1.37. The van der Waals surface area contributed by atoms with Gasteiger partial charge in [0.2, 0.25) is 0 Å². The molecule has 1 heteroatoms. The molecule has 1 saturated heterocycles. The molecule has 90 valence electrons. The van der Waals surface area contributed by atoms with Crippen molar-refractivity contribution in [3.63, 3.8) is 0 Å². The molecule has 1 nitrogen and oxygen atoms in total. The number of hydrogen-bond donors (Lipinski definition) is 0. The van der Waals surface area contributed by atoms with Crippen LogP contribution in [-0.4, -0.2) is 30.7 Å². The van der Waals surface area contributed by atoms with Crippen LogP contribution in [0.1, 0.15) is 65.2 Å². The SMILES string of the molecule is CCCCCC[N+]1(CCCC)CCCC1. The molecule has 0 N–H and O–H groups in total. The van der Waals surface area contributed by atoms with Crippen LogP contribution in [0, 0.1) is 0 Å². The second-order valence-corrected chi connectivity index (χ2v) is 5.36. The highest BCUT2D eigenvalue weighted by Crippen LogP contribution is 2.22. The third-order valence-corrected chi connectivity index (χ3v) is 3.99. The Morgan fingerprint density at radius 3 is 1.93 bits per heavy atom. The van der Waals surface area contributed by atoms with Crippen molar-refractivity contribution in [3.05, 3.63) is 0 Å². The van der Waals surface area contributed by atoms with Gasteiger partial charge >= 0.3 is 0 Å². The van der Waals surface area contributed by atoms with Crippen LogP contribution < -0.4 is 0 Å². The third kappa shape index (κ3) is 4.55. The molecular formula is C14H30N+. The van der Waals surface area contributed by atoms with E-state index in [2.05, 4.69) is 13.8 Å². The van der Waals surface area contributed by atoms with Gasteiger partial charge in [-0.2, -0.15) is 0 Å². The fourth-order valence-electron chi connectivity index (χ4n) is 2.93. The Morgan fingerprint density at radius 2 is 1.33 bits per heavy atom. The molecule has 1 heterocycles. The molecule has 0 atom stereocenters.